The summed E-state index contributed by atoms with van der Waals surface area (Å²) < 4.78 is 6.41. The second-order valence-corrected chi connectivity index (χ2v) is 8.29. The maximum absolute atomic E-state index is 12.6. The van der Waals surface area contributed by atoms with Crippen molar-refractivity contribution in [2.45, 2.75) is 37.6 Å². The first kappa shape index (κ1) is 18.4. The summed E-state index contributed by atoms with van der Waals surface area (Å²) in [4.78, 5) is 15.2. The molecule has 1 aliphatic carbocycles. The number of ether oxygens (including phenoxy) is 1. The Balaban J connectivity index is 1.69. The van der Waals surface area contributed by atoms with Crippen LogP contribution in [0.3, 0.4) is 0 Å². The predicted molar refractivity (Wildman–Crippen MR) is 105 cm³/mol. The van der Waals surface area contributed by atoms with E-state index in [1.807, 2.05) is 12.1 Å². The van der Waals surface area contributed by atoms with Crippen LogP contribution in [0.1, 0.15) is 42.5 Å². The zero-order valence-corrected chi connectivity index (χ0v) is 16.7. The number of carbonyl (C=O) groups excluding carboxylic acids is 1. The molecule has 0 aromatic heterocycles. The fraction of sp³-hybridized carbons (Fsp3) is 0.611. The highest BCUT2D eigenvalue weighted by Gasteiger charge is 2.38. The third-order valence-electron chi connectivity index (χ3n) is 5.22. The minimum absolute atomic E-state index is 0.00530. The molecule has 0 spiro atoms. The van der Waals surface area contributed by atoms with Crippen LogP contribution in [-0.2, 0) is 4.74 Å². The lowest BCUT2D eigenvalue weighted by Crippen LogP contribution is -2.59. The van der Waals surface area contributed by atoms with Crippen molar-refractivity contribution in [2.75, 3.05) is 32.8 Å². The normalized spacial score (nSPS) is 21.4. The molecular weight excluding hydrogens is 439 g/mol. The maximum Gasteiger partial charge on any atom is 0.252 e. The fourth-order valence-corrected chi connectivity index (χ4v) is 4.98. The number of hydrogen-bond donors (Lipinski definition) is 1. The van der Waals surface area contributed by atoms with Crippen molar-refractivity contribution < 1.29 is 9.53 Å². The minimum Gasteiger partial charge on any atom is -0.379 e. The molecule has 132 valence electrons. The summed E-state index contributed by atoms with van der Waals surface area (Å²) in [5.41, 5.74) is 0.795. The molecule has 1 amide bonds. The van der Waals surface area contributed by atoms with Crippen LogP contribution in [0.5, 0.6) is 0 Å². The second-order valence-electron chi connectivity index (χ2n) is 6.69. The van der Waals surface area contributed by atoms with E-state index in [1.54, 1.807) is 6.07 Å². The Hall–Kier alpha value is -0.370. The van der Waals surface area contributed by atoms with Gasteiger partial charge in [-0.3, -0.25) is 9.69 Å². The molecule has 0 radical (unpaired) electrons. The van der Waals surface area contributed by atoms with Crippen LogP contribution in [-0.4, -0.2) is 49.2 Å². The molecule has 1 saturated heterocycles. The summed E-state index contributed by atoms with van der Waals surface area (Å²) in [6, 6.07) is 5.41. The number of morpholine rings is 1. The van der Waals surface area contributed by atoms with Gasteiger partial charge in [-0.05, 0) is 53.6 Å². The van der Waals surface area contributed by atoms with E-state index in [0.29, 0.717) is 17.1 Å². The lowest BCUT2D eigenvalue weighted by molar-refractivity contribution is -0.0361. The van der Waals surface area contributed by atoms with Crippen molar-refractivity contribution >= 4 is 40.1 Å². The van der Waals surface area contributed by atoms with Gasteiger partial charge in [0, 0.05) is 33.8 Å². The number of amides is 1. The second kappa shape index (κ2) is 8.34. The van der Waals surface area contributed by atoms with Crippen LogP contribution in [0.4, 0.5) is 0 Å². The molecule has 1 aromatic rings. The molecule has 1 N–H and O–H groups in total. The van der Waals surface area contributed by atoms with E-state index >= 15 is 0 Å². The van der Waals surface area contributed by atoms with E-state index in [-0.39, 0.29) is 11.4 Å². The topological polar surface area (TPSA) is 41.6 Å². The molecule has 6 heteroatoms. The smallest absolute Gasteiger partial charge is 0.252 e. The number of nitrogens with one attached hydrogen (secondary N) is 1. The summed E-state index contributed by atoms with van der Waals surface area (Å²) in [5.74, 6) is -0.00530. The summed E-state index contributed by atoms with van der Waals surface area (Å²) in [6.45, 7) is 4.24. The van der Waals surface area contributed by atoms with Gasteiger partial charge in [0.25, 0.3) is 5.91 Å². The lowest BCUT2D eigenvalue weighted by Gasteiger charge is -2.48. The molecule has 0 unspecified atom stereocenters. The Morgan fingerprint density at radius 2 is 1.96 bits per heavy atom. The fourth-order valence-electron chi connectivity index (χ4n) is 3.87. The van der Waals surface area contributed by atoms with Gasteiger partial charge in [0.15, 0.2) is 0 Å². The summed E-state index contributed by atoms with van der Waals surface area (Å²) >= 11 is 8.16. The monoisotopic (exact) mass is 462 g/mol. The van der Waals surface area contributed by atoms with Gasteiger partial charge in [-0.1, -0.05) is 30.9 Å². The molecule has 1 heterocycles. The highest BCUT2D eigenvalue weighted by atomic mass is 127. The third-order valence-corrected chi connectivity index (χ3v) is 6.35. The summed E-state index contributed by atoms with van der Waals surface area (Å²) in [6.07, 6.45) is 6.10. The van der Waals surface area contributed by atoms with Crippen molar-refractivity contribution in [2.24, 2.45) is 0 Å². The number of benzene rings is 1. The quantitative estimate of drug-likeness (QED) is 0.694. The van der Waals surface area contributed by atoms with E-state index in [2.05, 4.69) is 32.8 Å². The Labute approximate surface area is 162 Å². The van der Waals surface area contributed by atoms with Gasteiger partial charge < -0.3 is 10.1 Å². The van der Waals surface area contributed by atoms with Crippen LogP contribution in [0.2, 0.25) is 5.02 Å². The molecular formula is C18H24ClIN2O2. The average Bonchev–Trinajstić information content (AvgIpc) is 2.61. The first-order valence-electron chi connectivity index (χ1n) is 8.67. The molecule has 24 heavy (non-hydrogen) atoms. The Morgan fingerprint density at radius 3 is 2.62 bits per heavy atom. The van der Waals surface area contributed by atoms with Crippen LogP contribution in [0.25, 0.3) is 0 Å². The third kappa shape index (κ3) is 4.23. The highest BCUT2D eigenvalue weighted by Crippen LogP contribution is 2.34. The number of rotatable bonds is 4. The molecule has 1 aliphatic heterocycles. The van der Waals surface area contributed by atoms with Gasteiger partial charge in [0.1, 0.15) is 0 Å². The van der Waals surface area contributed by atoms with Crippen molar-refractivity contribution in [3.8, 4) is 0 Å². The molecule has 3 rings (SSSR count). The molecule has 0 atom stereocenters. The molecule has 2 fully saturated rings. The lowest BCUT2D eigenvalue weighted by atomic mass is 9.79. The van der Waals surface area contributed by atoms with Crippen LogP contribution < -0.4 is 5.32 Å². The van der Waals surface area contributed by atoms with Gasteiger partial charge >= 0.3 is 0 Å². The minimum atomic E-state index is -0.00530. The zero-order chi connectivity index (χ0) is 17.0. The first-order chi connectivity index (χ1) is 11.6. The summed E-state index contributed by atoms with van der Waals surface area (Å²) in [5, 5.41) is 3.86. The SMILES string of the molecule is O=C(NCC1(N2CCOCC2)CCCCC1)c1ccc(Cl)cc1I. The van der Waals surface area contributed by atoms with Gasteiger partial charge in [0.05, 0.1) is 18.8 Å². The van der Waals surface area contributed by atoms with Crippen LogP contribution >= 0.6 is 34.2 Å². The van der Waals surface area contributed by atoms with Crippen molar-refractivity contribution in [3.63, 3.8) is 0 Å². The van der Waals surface area contributed by atoms with Gasteiger partial charge in [-0.25, -0.2) is 0 Å². The van der Waals surface area contributed by atoms with Crippen molar-refractivity contribution in [1.29, 1.82) is 0 Å². The van der Waals surface area contributed by atoms with Gasteiger partial charge in [-0.15, -0.1) is 0 Å². The maximum atomic E-state index is 12.6. The van der Waals surface area contributed by atoms with Gasteiger partial charge in [-0.2, -0.15) is 0 Å². The van der Waals surface area contributed by atoms with E-state index in [1.165, 1.54) is 19.3 Å². The van der Waals surface area contributed by atoms with E-state index in [9.17, 15) is 4.79 Å². The first-order valence-corrected chi connectivity index (χ1v) is 10.1. The molecule has 1 aromatic carbocycles. The largest absolute Gasteiger partial charge is 0.379 e. The number of nitrogens with zero attached hydrogens (tertiary/aromatic N) is 1. The number of hydrogen-bond acceptors (Lipinski definition) is 3. The zero-order valence-electron chi connectivity index (χ0n) is 13.8. The average molecular weight is 463 g/mol. The van der Waals surface area contributed by atoms with Crippen LogP contribution in [0, 0.1) is 3.57 Å². The van der Waals surface area contributed by atoms with Gasteiger partial charge in [0.2, 0.25) is 0 Å². The molecule has 4 nitrogen and oxygen atoms in total. The molecule has 1 saturated carbocycles. The van der Waals surface area contributed by atoms with E-state index in [0.717, 1.165) is 42.7 Å². The molecule has 2 aliphatic rings. The van der Waals surface area contributed by atoms with Crippen LogP contribution in [0.15, 0.2) is 18.2 Å². The summed E-state index contributed by atoms with van der Waals surface area (Å²) in [7, 11) is 0. The highest BCUT2D eigenvalue weighted by molar-refractivity contribution is 14.1. The Kier molecular flexibility index (Phi) is 6.40. The standard InChI is InChI=1S/C18H24ClIN2O2/c19-14-4-5-15(16(20)12-14)17(23)21-13-18(6-2-1-3-7-18)22-8-10-24-11-9-22/h4-5,12H,1-3,6-11,13H2,(H,21,23). The Morgan fingerprint density at radius 1 is 1.25 bits per heavy atom. The molecule has 0 bridgehead atoms. The predicted octanol–water partition coefficient (Wildman–Crippen LogP) is 3.71. The van der Waals surface area contributed by atoms with E-state index < -0.39 is 0 Å². The van der Waals surface area contributed by atoms with E-state index in [4.69, 9.17) is 16.3 Å². The van der Waals surface area contributed by atoms with Crippen molar-refractivity contribution in [3.05, 3.63) is 32.4 Å². The Bertz CT molecular complexity index is 584. The van der Waals surface area contributed by atoms with Crippen molar-refractivity contribution in [1.82, 2.24) is 10.2 Å². The number of halogens is 2. The number of carbonyl (C=O) groups is 1.